The van der Waals surface area contributed by atoms with Crippen molar-refractivity contribution in [1.82, 2.24) is 10.2 Å². The molecule has 0 spiro atoms. The molecular formula is C22H28N2O2S. The molecule has 5 heteroatoms. The first-order valence-electron chi connectivity index (χ1n) is 9.71. The Kier molecular flexibility index (Phi) is 6.67. The number of piperidine rings is 1. The molecule has 2 heterocycles. The van der Waals surface area contributed by atoms with Crippen molar-refractivity contribution in [2.45, 2.75) is 32.6 Å². The molecule has 1 aliphatic rings. The van der Waals surface area contributed by atoms with Gasteiger partial charge in [0.15, 0.2) is 0 Å². The molecule has 3 rings (SSSR count). The Balaban J connectivity index is 1.57. The van der Waals surface area contributed by atoms with Gasteiger partial charge in [-0.3, -0.25) is 9.59 Å². The van der Waals surface area contributed by atoms with Crippen LogP contribution >= 0.6 is 11.3 Å². The van der Waals surface area contributed by atoms with Gasteiger partial charge < -0.3 is 10.2 Å². The fourth-order valence-corrected chi connectivity index (χ4v) is 4.42. The van der Waals surface area contributed by atoms with Gasteiger partial charge in [0.05, 0.1) is 10.8 Å². The lowest BCUT2D eigenvalue weighted by molar-refractivity contribution is -0.126. The summed E-state index contributed by atoms with van der Waals surface area (Å²) in [7, 11) is 0. The van der Waals surface area contributed by atoms with Gasteiger partial charge in [0, 0.05) is 25.6 Å². The average Bonchev–Trinajstić information content (AvgIpc) is 3.23. The molecule has 144 valence electrons. The minimum absolute atomic E-state index is 0.0480. The number of hydrogen-bond donors (Lipinski definition) is 1. The topological polar surface area (TPSA) is 49.4 Å². The van der Waals surface area contributed by atoms with Crippen molar-refractivity contribution >= 4 is 23.2 Å². The summed E-state index contributed by atoms with van der Waals surface area (Å²) in [5.41, 5.74) is 1.26. The van der Waals surface area contributed by atoms with Crippen LogP contribution in [0.25, 0.3) is 0 Å². The molecule has 0 bridgehead atoms. The molecule has 2 amide bonds. The first kappa shape index (κ1) is 19.6. The highest BCUT2D eigenvalue weighted by Crippen LogP contribution is 2.24. The number of benzene rings is 1. The van der Waals surface area contributed by atoms with Gasteiger partial charge in [-0.2, -0.15) is 0 Å². The molecule has 0 aliphatic carbocycles. The molecule has 2 unspecified atom stereocenters. The second-order valence-corrected chi connectivity index (χ2v) is 8.52. The van der Waals surface area contributed by atoms with Crippen molar-refractivity contribution in [2.75, 3.05) is 19.6 Å². The summed E-state index contributed by atoms with van der Waals surface area (Å²) >= 11 is 1.46. The maximum Gasteiger partial charge on any atom is 0.263 e. The van der Waals surface area contributed by atoms with Gasteiger partial charge in [-0.05, 0) is 35.8 Å². The molecule has 4 nitrogen and oxygen atoms in total. The Morgan fingerprint density at radius 3 is 2.63 bits per heavy atom. The standard InChI is InChI=1S/C22H28N2O2S/c1-16(2)19(17-8-4-3-5-9-17)14-23-21(25)18-10-6-12-24(15-18)22(26)20-11-7-13-27-20/h3-5,7-9,11,13,16,18-19H,6,10,12,14-15H2,1-2H3,(H,23,25). The normalized spacial score (nSPS) is 18.3. The van der Waals surface area contributed by atoms with E-state index in [1.165, 1.54) is 16.9 Å². The van der Waals surface area contributed by atoms with Crippen LogP contribution in [0.3, 0.4) is 0 Å². The predicted octanol–water partition coefficient (Wildman–Crippen LogP) is 4.16. The van der Waals surface area contributed by atoms with Crippen LogP contribution in [0.4, 0.5) is 0 Å². The molecule has 1 saturated heterocycles. The summed E-state index contributed by atoms with van der Waals surface area (Å²) < 4.78 is 0. The fourth-order valence-electron chi connectivity index (χ4n) is 3.73. The number of hydrogen-bond acceptors (Lipinski definition) is 3. The van der Waals surface area contributed by atoms with Crippen molar-refractivity contribution in [1.29, 1.82) is 0 Å². The third kappa shape index (κ3) is 4.98. The predicted molar refractivity (Wildman–Crippen MR) is 110 cm³/mol. The molecule has 1 fully saturated rings. The van der Waals surface area contributed by atoms with E-state index in [0.29, 0.717) is 24.9 Å². The third-order valence-electron chi connectivity index (χ3n) is 5.34. The molecule has 1 N–H and O–H groups in total. The number of likely N-dealkylation sites (tertiary alicyclic amines) is 1. The highest BCUT2D eigenvalue weighted by Gasteiger charge is 2.29. The highest BCUT2D eigenvalue weighted by molar-refractivity contribution is 7.12. The first-order chi connectivity index (χ1) is 13.1. The summed E-state index contributed by atoms with van der Waals surface area (Å²) in [6.45, 7) is 6.26. The zero-order chi connectivity index (χ0) is 19.2. The number of nitrogens with one attached hydrogen (secondary N) is 1. The van der Waals surface area contributed by atoms with Crippen LogP contribution in [-0.4, -0.2) is 36.3 Å². The second-order valence-electron chi connectivity index (χ2n) is 7.57. The summed E-state index contributed by atoms with van der Waals surface area (Å²) in [4.78, 5) is 27.9. The van der Waals surface area contributed by atoms with Gasteiger partial charge >= 0.3 is 0 Å². The van der Waals surface area contributed by atoms with E-state index in [4.69, 9.17) is 0 Å². The van der Waals surface area contributed by atoms with E-state index >= 15 is 0 Å². The second kappa shape index (κ2) is 9.18. The molecule has 0 radical (unpaired) electrons. The van der Waals surface area contributed by atoms with E-state index in [0.717, 1.165) is 24.3 Å². The molecule has 27 heavy (non-hydrogen) atoms. The van der Waals surface area contributed by atoms with E-state index < -0.39 is 0 Å². The maximum atomic E-state index is 12.8. The number of rotatable bonds is 6. The summed E-state index contributed by atoms with van der Waals surface area (Å²) in [5, 5.41) is 5.07. The Hall–Kier alpha value is -2.14. The third-order valence-corrected chi connectivity index (χ3v) is 6.20. The number of carbonyl (C=O) groups is 2. The summed E-state index contributed by atoms with van der Waals surface area (Å²) in [6, 6.07) is 14.1. The lowest BCUT2D eigenvalue weighted by atomic mass is 9.88. The number of nitrogens with zero attached hydrogens (tertiary/aromatic N) is 1. The van der Waals surface area contributed by atoms with E-state index in [2.05, 4.69) is 31.3 Å². The number of carbonyl (C=O) groups excluding carboxylic acids is 2. The zero-order valence-corrected chi connectivity index (χ0v) is 16.9. The molecule has 1 aromatic carbocycles. The molecule has 0 saturated carbocycles. The Bertz CT molecular complexity index is 743. The Labute approximate surface area is 165 Å². The van der Waals surface area contributed by atoms with Gasteiger partial charge in [0.25, 0.3) is 5.91 Å². The van der Waals surface area contributed by atoms with Crippen LogP contribution in [0.5, 0.6) is 0 Å². The minimum atomic E-state index is -0.119. The Morgan fingerprint density at radius 2 is 1.96 bits per heavy atom. The molecule has 1 aromatic heterocycles. The smallest absolute Gasteiger partial charge is 0.263 e. The van der Waals surface area contributed by atoms with E-state index in [9.17, 15) is 9.59 Å². The maximum absolute atomic E-state index is 12.8. The van der Waals surface area contributed by atoms with Crippen LogP contribution in [-0.2, 0) is 4.79 Å². The van der Waals surface area contributed by atoms with Crippen molar-refractivity contribution in [3.05, 3.63) is 58.3 Å². The van der Waals surface area contributed by atoms with Gasteiger partial charge in [0.1, 0.15) is 0 Å². The number of thiophene rings is 1. The van der Waals surface area contributed by atoms with Crippen LogP contribution in [0.15, 0.2) is 47.8 Å². The van der Waals surface area contributed by atoms with E-state index in [-0.39, 0.29) is 17.7 Å². The number of amides is 2. The van der Waals surface area contributed by atoms with Crippen LogP contribution in [0.1, 0.15) is 47.8 Å². The van der Waals surface area contributed by atoms with Crippen molar-refractivity contribution < 1.29 is 9.59 Å². The SMILES string of the molecule is CC(C)C(CNC(=O)C1CCCN(C(=O)c2cccs2)C1)c1ccccc1. The average molecular weight is 385 g/mol. The van der Waals surface area contributed by atoms with E-state index in [1.807, 2.05) is 40.6 Å². The van der Waals surface area contributed by atoms with Gasteiger partial charge in [-0.15, -0.1) is 11.3 Å². The molecule has 1 aliphatic heterocycles. The van der Waals surface area contributed by atoms with Crippen LogP contribution < -0.4 is 5.32 Å². The largest absolute Gasteiger partial charge is 0.355 e. The minimum Gasteiger partial charge on any atom is -0.355 e. The molecule has 2 atom stereocenters. The lowest BCUT2D eigenvalue weighted by Gasteiger charge is -2.32. The molecular weight excluding hydrogens is 356 g/mol. The quantitative estimate of drug-likeness (QED) is 0.813. The fraction of sp³-hybridized carbons (Fsp3) is 0.455. The Morgan fingerprint density at radius 1 is 1.19 bits per heavy atom. The highest BCUT2D eigenvalue weighted by atomic mass is 32.1. The van der Waals surface area contributed by atoms with Crippen LogP contribution in [0, 0.1) is 11.8 Å². The lowest BCUT2D eigenvalue weighted by Crippen LogP contribution is -2.46. The van der Waals surface area contributed by atoms with Crippen molar-refractivity contribution in [2.24, 2.45) is 11.8 Å². The van der Waals surface area contributed by atoms with E-state index in [1.54, 1.807) is 0 Å². The monoisotopic (exact) mass is 384 g/mol. The summed E-state index contributed by atoms with van der Waals surface area (Å²) in [6.07, 6.45) is 1.72. The molecule has 2 aromatic rings. The first-order valence-corrected chi connectivity index (χ1v) is 10.6. The van der Waals surface area contributed by atoms with Crippen molar-refractivity contribution in [3.8, 4) is 0 Å². The van der Waals surface area contributed by atoms with Crippen LogP contribution in [0.2, 0.25) is 0 Å². The summed E-state index contributed by atoms with van der Waals surface area (Å²) in [5.74, 6) is 0.733. The van der Waals surface area contributed by atoms with Gasteiger partial charge in [-0.25, -0.2) is 0 Å². The van der Waals surface area contributed by atoms with Gasteiger partial charge in [0.2, 0.25) is 5.91 Å². The van der Waals surface area contributed by atoms with Gasteiger partial charge in [-0.1, -0.05) is 50.2 Å². The van der Waals surface area contributed by atoms with Crippen molar-refractivity contribution in [3.63, 3.8) is 0 Å². The zero-order valence-electron chi connectivity index (χ0n) is 16.1.